The van der Waals surface area contributed by atoms with Crippen molar-refractivity contribution in [3.05, 3.63) is 0 Å². The Morgan fingerprint density at radius 2 is 2.23 bits per heavy atom. The van der Waals surface area contributed by atoms with E-state index in [9.17, 15) is 9.59 Å². The fourth-order valence-corrected chi connectivity index (χ4v) is 1.28. The molecule has 0 aromatic carbocycles. The zero-order valence-corrected chi connectivity index (χ0v) is 7.87. The maximum atomic E-state index is 11.2. The van der Waals surface area contributed by atoms with Crippen molar-refractivity contribution in [1.82, 2.24) is 5.32 Å². The molecule has 1 aliphatic heterocycles. The second kappa shape index (κ2) is 3.64. The van der Waals surface area contributed by atoms with Gasteiger partial charge in [-0.05, 0) is 5.92 Å². The fraction of sp³-hybridized carbons (Fsp3) is 0.750. The molecule has 5 nitrogen and oxygen atoms in total. The van der Waals surface area contributed by atoms with Gasteiger partial charge in [0.15, 0.2) is 6.04 Å². The van der Waals surface area contributed by atoms with Crippen molar-refractivity contribution < 1.29 is 19.1 Å². The van der Waals surface area contributed by atoms with Crippen LogP contribution in [-0.4, -0.2) is 31.3 Å². The molecule has 0 radical (unpaired) electrons. The molecule has 1 amide bonds. The van der Waals surface area contributed by atoms with Crippen LogP contribution < -0.4 is 5.32 Å². The first kappa shape index (κ1) is 9.83. The molecule has 0 unspecified atom stereocenters. The van der Waals surface area contributed by atoms with Gasteiger partial charge in [-0.2, -0.15) is 0 Å². The topological polar surface area (TPSA) is 64.6 Å². The molecule has 2 atom stereocenters. The average Bonchev–Trinajstić information content (AvgIpc) is 2.46. The first-order chi connectivity index (χ1) is 6.06. The third-order valence-corrected chi connectivity index (χ3v) is 1.96. The number of cyclic esters (lactones) is 1. The average molecular weight is 187 g/mol. The first-order valence-electron chi connectivity index (χ1n) is 4.11. The van der Waals surface area contributed by atoms with Crippen molar-refractivity contribution >= 4 is 12.1 Å². The minimum Gasteiger partial charge on any atom is -0.467 e. The molecule has 1 N–H and O–H groups in total. The summed E-state index contributed by atoms with van der Waals surface area (Å²) >= 11 is 0. The summed E-state index contributed by atoms with van der Waals surface area (Å²) in [4.78, 5) is 22.0. The first-order valence-corrected chi connectivity index (χ1v) is 4.11. The van der Waals surface area contributed by atoms with Gasteiger partial charge in [0.25, 0.3) is 0 Å². The highest BCUT2D eigenvalue weighted by molar-refractivity contribution is 5.84. The van der Waals surface area contributed by atoms with Gasteiger partial charge in [0.05, 0.1) is 7.11 Å². The Bertz CT molecular complexity index is 226. The van der Waals surface area contributed by atoms with Crippen molar-refractivity contribution in [3.8, 4) is 0 Å². The number of alkyl carbamates (subject to hydrolysis) is 1. The van der Waals surface area contributed by atoms with Gasteiger partial charge in [-0.3, -0.25) is 0 Å². The third-order valence-electron chi connectivity index (χ3n) is 1.96. The normalized spacial score (nSPS) is 26.9. The van der Waals surface area contributed by atoms with Crippen LogP contribution in [0.5, 0.6) is 0 Å². The van der Waals surface area contributed by atoms with Crippen LogP contribution in [0.4, 0.5) is 4.79 Å². The quantitative estimate of drug-likeness (QED) is 0.631. The van der Waals surface area contributed by atoms with Crippen LogP contribution >= 0.6 is 0 Å². The number of ether oxygens (including phenoxy) is 2. The van der Waals surface area contributed by atoms with Gasteiger partial charge in [0, 0.05) is 0 Å². The van der Waals surface area contributed by atoms with E-state index in [2.05, 4.69) is 10.1 Å². The lowest BCUT2D eigenvalue weighted by atomic mass is 10.0. The second-order valence-electron chi connectivity index (χ2n) is 3.26. The Hall–Kier alpha value is -1.26. The molecule has 1 rings (SSSR count). The Morgan fingerprint density at radius 1 is 1.62 bits per heavy atom. The fourth-order valence-electron chi connectivity index (χ4n) is 1.28. The minimum atomic E-state index is -0.669. The molecule has 1 fully saturated rings. The number of carbonyl (C=O) groups is 2. The van der Waals surface area contributed by atoms with Crippen LogP contribution in [0.2, 0.25) is 0 Å². The predicted octanol–water partition coefficient (Wildman–Crippen LogP) is 0.292. The number of nitrogens with one attached hydrogen (secondary N) is 1. The highest BCUT2D eigenvalue weighted by Gasteiger charge is 2.41. The minimum absolute atomic E-state index is 0.0862. The van der Waals surface area contributed by atoms with Crippen molar-refractivity contribution in [2.75, 3.05) is 7.11 Å². The van der Waals surface area contributed by atoms with E-state index in [0.717, 1.165) is 0 Å². The van der Waals surface area contributed by atoms with Crippen LogP contribution in [0.1, 0.15) is 13.8 Å². The zero-order chi connectivity index (χ0) is 10.0. The number of amides is 1. The van der Waals surface area contributed by atoms with E-state index < -0.39 is 24.2 Å². The molecule has 0 spiro atoms. The summed E-state index contributed by atoms with van der Waals surface area (Å²) < 4.78 is 9.44. The number of rotatable bonds is 2. The summed E-state index contributed by atoms with van der Waals surface area (Å²) in [5.41, 5.74) is 0. The highest BCUT2D eigenvalue weighted by atomic mass is 16.6. The van der Waals surface area contributed by atoms with E-state index in [-0.39, 0.29) is 5.92 Å². The standard InChI is InChI=1S/C8H13NO4/c1-4(2)6-5(7(10)12-3)9-8(11)13-6/h4-6H,1-3H3,(H,9,11)/t5-,6+/m0/s1. The molecule has 1 saturated heterocycles. The van der Waals surface area contributed by atoms with Crippen molar-refractivity contribution in [3.63, 3.8) is 0 Å². The lowest BCUT2D eigenvalue weighted by Crippen LogP contribution is -2.42. The van der Waals surface area contributed by atoms with E-state index in [0.29, 0.717) is 0 Å². The predicted molar refractivity (Wildman–Crippen MR) is 44.0 cm³/mol. The largest absolute Gasteiger partial charge is 0.467 e. The third kappa shape index (κ3) is 1.91. The Labute approximate surface area is 76.4 Å². The van der Waals surface area contributed by atoms with E-state index in [1.54, 1.807) is 0 Å². The van der Waals surface area contributed by atoms with Crippen LogP contribution in [0, 0.1) is 5.92 Å². The number of hydrogen-bond donors (Lipinski definition) is 1. The molecule has 74 valence electrons. The van der Waals surface area contributed by atoms with Crippen LogP contribution in [0.15, 0.2) is 0 Å². The van der Waals surface area contributed by atoms with E-state index in [1.165, 1.54) is 7.11 Å². The summed E-state index contributed by atoms with van der Waals surface area (Å²) in [5, 5.41) is 2.40. The maximum Gasteiger partial charge on any atom is 0.408 e. The highest BCUT2D eigenvalue weighted by Crippen LogP contribution is 2.17. The number of esters is 1. The van der Waals surface area contributed by atoms with Gasteiger partial charge >= 0.3 is 12.1 Å². The van der Waals surface area contributed by atoms with Gasteiger partial charge < -0.3 is 14.8 Å². The molecule has 0 bridgehead atoms. The lowest BCUT2D eigenvalue weighted by molar-refractivity contribution is -0.144. The summed E-state index contributed by atoms with van der Waals surface area (Å²) in [5.74, 6) is -0.382. The van der Waals surface area contributed by atoms with Crippen molar-refractivity contribution in [2.24, 2.45) is 5.92 Å². The van der Waals surface area contributed by atoms with Gasteiger partial charge in [-0.25, -0.2) is 9.59 Å². The molecule has 13 heavy (non-hydrogen) atoms. The summed E-state index contributed by atoms with van der Waals surface area (Å²) in [6, 6.07) is -0.669. The van der Waals surface area contributed by atoms with E-state index in [4.69, 9.17) is 4.74 Å². The maximum absolute atomic E-state index is 11.2. The van der Waals surface area contributed by atoms with E-state index in [1.807, 2.05) is 13.8 Å². The molecule has 1 heterocycles. The summed E-state index contributed by atoms with van der Waals surface area (Å²) in [6.45, 7) is 3.75. The van der Waals surface area contributed by atoms with Crippen molar-refractivity contribution in [1.29, 1.82) is 0 Å². The Kier molecular flexibility index (Phi) is 2.75. The van der Waals surface area contributed by atoms with Gasteiger partial charge in [0.1, 0.15) is 6.10 Å². The molecule has 0 aromatic heterocycles. The Balaban J connectivity index is 2.71. The number of hydrogen-bond acceptors (Lipinski definition) is 4. The SMILES string of the molecule is COC(=O)[C@H]1NC(=O)O[C@@H]1C(C)C. The molecule has 1 aliphatic rings. The van der Waals surface area contributed by atoms with Crippen LogP contribution in [0.3, 0.4) is 0 Å². The van der Waals surface area contributed by atoms with Gasteiger partial charge in [0.2, 0.25) is 0 Å². The molecular formula is C8H13NO4. The molecular weight excluding hydrogens is 174 g/mol. The smallest absolute Gasteiger partial charge is 0.408 e. The number of carbonyl (C=O) groups excluding carboxylic acids is 2. The van der Waals surface area contributed by atoms with Gasteiger partial charge in [-0.1, -0.05) is 13.8 Å². The molecule has 0 aromatic rings. The molecule has 0 aliphatic carbocycles. The molecule has 0 saturated carbocycles. The van der Waals surface area contributed by atoms with Crippen LogP contribution in [0.25, 0.3) is 0 Å². The summed E-state index contributed by atoms with van der Waals surface area (Å²) in [7, 11) is 1.28. The van der Waals surface area contributed by atoms with Gasteiger partial charge in [-0.15, -0.1) is 0 Å². The Morgan fingerprint density at radius 3 is 2.69 bits per heavy atom. The van der Waals surface area contributed by atoms with E-state index >= 15 is 0 Å². The lowest BCUT2D eigenvalue weighted by Gasteiger charge is -2.17. The zero-order valence-electron chi connectivity index (χ0n) is 7.87. The summed E-state index contributed by atoms with van der Waals surface area (Å²) in [6.07, 6.45) is -0.992. The monoisotopic (exact) mass is 187 g/mol. The second-order valence-corrected chi connectivity index (χ2v) is 3.26. The number of methoxy groups -OCH3 is 1. The van der Waals surface area contributed by atoms with Crippen LogP contribution in [-0.2, 0) is 14.3 Å². The van der Waals surface area contributed by atoms with Crippen molar-refractivity contribution in [2.45, 2.75) is 26.0 Å². The molecule has 5 heteroatoms.